The molecule has 35 heavy (non-hydrogen) atoms. The minimum Gasteiger partial charge on any atom is -0.506 e. The van der Waals surface area contributed by atoms with E-state index in [9.17, 15) is 9.90 Å². The third-order valence-corrected chi connectivity index (χ3v) is 5.74. The monoisotopic (exact) mass is 471 g/mol. The smallest absolute Gasteiger partial charge is 0.247 e. The van der Waals surface area contributed by atoms with Gasteiger partial charge in [0.1, 0.15) is 5.75 Å². The molecule has 1 amide bonds. The zero-order valence-corrected chi connectivity index (χ0v) is 20.0. The molecule has 2 aromatic carbocycles. The van der Waals surface area contributed by atoms with Crippen molar-refractivity contribution in [3.8, 4) is 17.0 Å². The molecular formula is C26H29N7O2. The van der Waals surface area contributed by atoms with Gasteiger partial charge in [0.2, 0.25) is 11.9 Å². The molecule has 0 saturated carbocycles. The number of phenols is 1. The van der Waals surface area contributed by atoms with Crippen molar-refractivity contribution in [3.63, 3.8) is 0 Å². The maximum absolute atomic E-state index is 12.1. The SMILES string of the molecule is C=CC(=O)Nc1cc(Nc2nccc(-c3cn(C)c4ccccc34)n2)c(O)cc1N(C)CCNC. The van der Waals surface area contributed by atoms with E-state index in [1.165, 1.54) is 6.08 Å². The van der Waals surface area contributed by atoms with Gasteiger partial charge in [0, 0.05) is 62.1 Å². The third kappa shape index (κ3) is 5.10. The van der Waals surface area contributed by atoms with Crippen molar-refractivity contribution in [3.05, 3.63) is 67.5 Å². The highest BCUT2D eigenvalue weighted by atomic mass is 16.3. The van der Waals surface area contributed by atoms with Crippen LogP contribution in [0.1, 0.15) is 0 Å². The number of rotatable bonds is 9. The second-order valence-electron chi connectivity index (χ2n) is 8.17. The molecule has 2 heterocycles. The molecular weight excluding hydrogens is 442 g/mol. The molecule has 0 aliphatic heterocycles. The van der Waals surface area contributed by atoms with Gasteiger partial charge in [-0.3, -0.25) is 4.79 Å². The summed E-state index contributed by atoms with van der Waals surface area (Å²) in [6, 6.07) is 13.2. The molecule has 0 atom stereocenters. The van der Waals surface area contributed by atoms with Gasteiger partial charge in [-0.15, -0.1) is 0 Å². The highest BCUT2D eigenvalue weighted by molar-refractivity contribution is 6.02. The molecule has 180 valence electrons. The highest BCUT2D eigenvalue weighted by Gasteiger charge is 2.16. The number of carbonyl (C=O) groups excluding carboxylic acids is 1. The van der Waals surface area contributed by atoms with Crippen molar-refractivity contribution in [2.24, 2.45) is 7.05 Å². The Kier molecular flexibility index (Phi) is 6.98. The number of para-hydroxylation sites is 1. The largest absolute Gasteiger partial charge is 0.506 e. The minimum atomic E-state index is -0.348. The maximum atomic E-state index is 12.1. The molecule has 2 aromatic heterocycles. The Labute approximate surface area is 204 Å². The van der Waals surface area contributed by atoms with Gasteiger partial charge in [0.15, 0.2) is 0 Å². The summed E-state index contributed by atoms with van der Waals surface area (Å²) in [6.07, 6.45) is 4.91. The van der Waals surface area contributed by atoms with E-state index in [1.54, 1.807) is 18.3 Å². The lowest BCUT2D eigenvalue weighted by atomic mass is 10.1. The maximum Gasteiger partial charge on any atom is 0.247 e. The topological polar surface area (TPSA) is 107 Å². The van der Waals surface area contributed by atoms with E-state index in [4.69, 9.17) is 0 Å². The molecule has 0 radical (unpaired) electrons. The zero-order valence-electron chi connectivity index (χ0n) is 20.0. The molecule has 0 bridgehead atoms. The Hall–Kier alpha value is -4.37. The Morgan fingerprint density at radius 1 is 1.23 bits per heavy atom. The second kappa shape index (κ2) is 10.3. The van der Waals surface area contributed by atoms with E-state index in [0.29, 0.717) is 29.6 Å². The lowest BCUT2D eigenvalue weighted by Gasteiger charge is -2.24. The fourth-order valence-corrected chi connectivity index (χ4v) is 3.91. The predicted octanol–water partition coefficient (Wildman–Crippen LogP) is 3.86. The molecule has 4 rings (SSSR count). The van der Waals surface area contributed by atoms with Gasteiger partial charge >= 0.3 is 0 Å². The number of aromatic nitrogens is 3. The third-order valence-electron chi connectivity index (χ3n) is 5.74. The first-order valence-corrected chi connectivity index (χ1v) is 11.2. The van der Waals surface area contributed by atoms with Crippen LogP contribution in [-0.2, 0) is 11.8 Å². The van der Waals surface area contributed by atoms with Crippen LogP contribution in [0.4, 0.5) is 23.0 Å². The summed E-state index contributed by atoms with van der Waals surface area (Å²) in [6.45, 7) is 4.94. The molecule has 0 spiro atoms. The Morgan fingerprint density at radius 2 is 2.03 bits per heavy atom. The van der Waals surface area contributed by atoms with E-state index in [-0.39, 0.29) is 11.7 Å². The van der Waals surface area contributed by atoms with Gasteiger partial charge in [0.05, 0.1) is 22.8 Å². The van der Waals surface area contributed by atoms with Crippen LogP contribution in [-0.4, -0.2) is 52.7 Å². The number of amides is 1. The number of benzene rings is 2. The Morgan fingerprint density at radius 3 is 2.80 bits per heavy atom. The van der Waals surface area contributed by atoms with E-state index < -0.39 is 0 Å². The van der Waals surface area contributed by atoms with Crippen molar-refractivity contribution < 1.29 is 9.90 Å². The van der Waals surface area contributed by atoms with Gasteiger partial charge in [-0.05, 0) is 31.3 Å². The van der Waals surface area contributed by atoms with Crippen LogP contribution in [0.15, 0.2) is 67.5 Å². The number of nitrogens with one attached hydrogen (secondary N) is 3. The summed E-state index contributed by atoms with van der Waals surface area (Å²) in [5.41, 5.74) is 4.41. The number of nitrogens with zero attached hydrogens (tertiary/aromatic N) is 4. The van der Waals surface area contributed by atoms with Crippen molar-refractivity contribution in [1.29, 1.82) is 0 Å². The van der Waals surface area contributed by atoms with Gasteiger partial charge < -0.3 is 30.5 Å². The first kappa shape index (κ1) is 23.8. The first-order chi connectivity index (χ1) is 16.9. The van der Waals surface area contributed by atoms with Crippen molar-refractivity contribution >= 4 is 39.8 Å². The van der Waals surface area contributed by atoms with E-state index >= 15 is 0 Å². The summed E-state index contributed by atoms with van der Waals surface area (Å²) in [5.74, 6) is -0.0193. The molecule has 0 fully saturated rings. The average molecular weight is 472 g/mol. The lowest BCUT2D eigenvalue weighted by molar-refractivity contribution is -0.111. The number of hydrogen-bond donors (Lipinski definition) is 4. The quantitative estimate of drug-likeness (QED) is 0.167. The van der Waals surface area contributed by atoms with Crippen molar-refractivity contribution in [2.75, 3.05) is 42.7 Å². The molecule has 9 heteroatoms. The number of anilines is 4. The van der Waals surface area contributed by atoms with Crippen molar-refractivity contribution in [1.82, 2.24) is 19.9 Å². The summed E-state index contributed by atoms with van der Waals surface area (Å²) in [5, 5.41) is 20.9. The van der Waals surface area contributed by atoms with Crippen LogP contribution in [0, 0.1) is 0 Å². The number of phenolic OH excluding ortho intramolecular Hbond substituents is 1. The fraction of sp³-hybridized carbons (Fsp3) is 0.192. The summed E-state index contributed by atoms with van der Waals surface area (Å²) < 4.78 is 2.06. The summed E-state index contributed by atoms with van der Waals surface area (Å²) in [7, 11) is 5.75. The van der Waals surface area contributed by atoms with Crippen LogP contribution in [0.25, 0.3) is 22.2 Å². The fourth-order valence-electron chi connectivity index (χ4n) is 3.91. The Balaban J connectivity index is 1.68. The molecule has 0 aliphatic carbocycles. The number of aryl methyl sites for hydroxylation is 1. The standard InChI is InChI=1S/C26H29N7O2/c1-5-25(35)29-20-14-21(24(34)15-23(20)32(3)13-12-27-2)31-26-28-11-10-19(30-26)18-16-33(4)22-9-7-6-8-17(18)22/h5-11,14-16,27,34H,1,12-13H2,2-4H3,(H,29,35)(H,28,30,31). The van der Waals surface area contributed by atoms with E-state index in [1.807, 2.05) is 50.4 Å². The predicted molar refractivity (Wildman–Crippen MR) is 141 cm³/mol. The van der Waals surface area contributed by atoms with Crippen LogP contribution in [0.2, 0.25) is 0 Å². The second-order valence-corrected chi connectivity index (χ2v) is 8.17. The number of likely N-dealkylation sites (N-methyl/N-ethyl adjacent to an activating group) is 2. The molecule has 9 nitrogen and oxygen atoms in total. The molecule has 0 unspecified atom stereocenters. The normalized spacial score (nSPS) is 10.8. The van der Waals surface area contributed by atoms with Gasteiger partial charge in [0.25, 0.3) is 0 Å². The van der Waals surface area contributed by atoms with Crippen molar-refractivity contribution in [2.45, 2.75) is 0 Å². The highest BCUT2D eigenvalue weighted by Crippen LogP contribution is 2.37. The van der Waals surface area contributed by atoms with E-state index in [0.717, 1.165) is 28.7 Å². The van der Waals surface area contributed by atoms with Gasteiger partial charge in [-0.2, -0.15) is 0 Å². The number of aromatic hydroxyl groups is 1. The first-order valence-electron chi connectivity index (χ1n) is 11.2. The lowest BCUT2D eigenvalue weighted by Crippen LogP contribution is -2.28. The minimum absolute atomic E-state index is 0.00655. The Bertz CT molecular complexity index is 1380. The van der Waals surface area contributed by atoms with Crippen LogP contribution in [0.5, 0.6) is 5.75 Å². The van der Waals surface area contributed by atoms with Gasteiger partial charge in [-0.25, -0.2) is 9.97 Å². The zero-order chi connectivity index (χ0) is 24.9. The van der Waals surface area contributed by atoms with Crippen LogP contribution < -0.4 is 20.9 Å². The molecule has 4 aromatic rings. The van der Waals surface area contributed by atoms with E-state index in [2.05, 4.69) is 49.2 Å². The molecule has 0 aliphatic rings. The number of hydrogen-bond acceptors (Lipinski definition) is 7. The van der Waals surface area contributed by atoms with Crippen LogP contribution >= 0.6 is 0 Å². The molecule has 4 N–H and O–H groups in total. The number of fused-ring (bicyclic) bond motifs is 1. The van der Waals surface area contributed by atoms with Gasteiger partial charge in [-0.1, -0.05) is 24.8 Å². The molecule has 0 saturated heterocycles. The average Bonchev–Trinajstić information content (AvgIpc) is 3.21. The number of carbonyl (C=O) groups is 1. The summed E-state index contributed by atoms with van der Waals surface area (Å²) >= 11 is 0. The summed E-state index contributed by atoms with van der Waals surface area (Å²) in [4.78, 5) is 23.0. The van der Waals surface area contributed by atoms with Crippen LogP contribution in [0.3, 0.4) is 0 Å².